The van der Waals surface area contributed by atoms with Crippen LogP contribution < -0.4 is 5.73 Å². The number of aromatic nitrogens is 2. The molecule has 1 atom stereocenters. The quantitative estimate of drug-likeness (QED) is 0.847. The smallest absolute Gasteiger partial charge is 0.322 e. The third-order valence-electron chi connectivity index (χ3n) is 3.60. The minimum absolute atomic E-state index is 0.198. The maximum absolute atomic E-state index is 14.2. The predicted molar refractivity (Wildman–Crippen MR) is 75.4 cm³/mol. The van der Waals surface area contributed by atoms with Crippen LogP contribution in [0, 0.1) is 5.82 Å². The molecule has 1 aromatic carbocycles. The Hall–Kier alpha value is -2.28. The van der Waals surface area contributed by atoms with Crippen LogP contribution in [0.25, 0.3) is 11.4 Å². The van der Waals surface area contributed by atoms with Crippen LogP contribution in [0.3, 0.4) is 0 Å². The Morgan fingerprint density at radius 2 is 2.32 bits per heavy atom. The highest BCUT2D eigenvalue weighted by molar-refractivity contribution is 5.75. The number of esters is 1. The highest BCUT2D eigenvalue weighted by atomic mass is 19.1. The van der Waals surface area contributed by atoms with Crippen LogP contribution in [-0.4, -0.2) is 29.3 Å². The molecule has 1 fully saturated rings. The Balaban J connectivity index is 1.77. The number of carbonyl (C=O) groups excluding carboxylic acids is 1. The number of nitrogens with two attached hydrogens (primary N) is 1. The standard InChI is InChI=1S/C15H16FN3O3/c1-21-15(20)12(17)7-8-2-5-10(11(16)6-8)13-18-14(22-19-13)9-3-4-9/h2,5-6,9,12H,3-4,7,17H2,1H3/t12-/m1/s1. The lowest BCUT2D eigenvalue weighted by atomic mass is 10.0. The SMILES string of the molecule is COC(=O)[C@H](N)Cc1ccc(-c2noc(C3CC3)n2)c(F)c1. The number of rotatable bonds is 5. The highest BCUT2D eigenvalue weighted by Gasteiger charge is 2.30. The second-order valence-corrected chi connectivity index (χ2v) is 5.38. The molecular formula is C15H16FN3O3. The molecule has 1 aromatic heterocycles. The fourth-order valence-electron chi connectivity index (χ4n) is 2.20. The van der Waals surface area contributed by atoms with E-state index in [1.807, 2.05) is 0 Å². The van der Waals surface area contributed by atoms with Gasteiger partial charge < -0.3 is 15.0 Å². The third kappa shape index (κ3) is 2.99. The van der Waals surface area contributed by atoms with E-state index in [1.54, 1.807) is 12.1 Å². The number of methoxy groups -OCH3 is 1. The van der Waals surface area contributed by atoms with Crippen molar-refractivity contribution < 1.29 is 18.4 Å². The summed E-state index contributed by atoms with van der Waals surface area (Å²) in [6.45, 7) is 0. The van der Waals surface area contributed by atoms with E-state index in [2.05, 4.69) is 14.9 Å². The molecule has 0 amide bonds. The van der Waals surface area contributed by atoms with Gasteiger partial charge in [0, 0.05) is 5.92 Å². The van der Waals surface area contributed by atoms with Gasteiger partial charge >= 0.3 is 5.97 Å². The van der Waals surface area contributed by atoms with Crippen LogP contribution in [0.1, 0.15) is 30.2 Å². The number of hydrogen-bond acceptors (Lipinski definition) is 6. The monoisotopic (exact) mass is 305 g/mol. The molecule has 0 aliphatic heterocycles. The maximum atomic E-state index is 14.2. The third-order valence-corrected chi connectivity index (χ3v) is 3.60. The Morgan fingerprint density at radius 3 is 2.95 bits per heavy atom. The fraction of sp³-hybridized carbons (Fsp3) is 0.400. The summed E-state index contributed by atoms with van der Waals surface area (Å²) in [7, 11) is 1.26. The Labute approximate surface area is 126 Å². The number of halogens is 1. The molecule has 1 aliphatic carbocycles. The van der Waals surface area contributed by atoms with E-state index in [0.717, 1.165) is 12.8 Å². The Kier molecular flexibility index (Phi) is 3.89. The van der Waals surface area contributed by atoms with E-state index in [-0.39, 0.29) is 17.8 Å². The summed E-state index contributed by atoms with van der Waals surface area (Å²) in [6, 6.07) is 3.76. The Bertz CT molecular complexity index is 697. The summed E-state index contributed by atoms with van der Waals surface area (Å²) in [5, 5.41) is 3.82. The first-order chi connectivity index (χ1) is 10.6. The second kappa shape index (κ2) is 5.84. The molecule has 0 saturated heterocycles. The normalized spacial score (nSPS) is 15.6. The molecule has 0 spiro atoms. The van der Waals surface area contributed by atoms with E-state index < -0.39 is 17.8 Å². The van der Waals surface area contributed by atoms with Gasteiger partial charge in [-0.05, 0) is 37.0 Å². The first kappa shape index (κ1) is 14.6. The number of ether oxygens (including phenoxy) is 1. The van der Waals surface area contributed by atoms with Gasteiger partial charge in [0.25, 0.3) is 0 Å². The maximum Gasteiger partial charge on any atom is 0.322 e. The van der Waals surface area contributed by atoms with Gasteiger partial charge in [0.1, 0.15) is 11.9 Å². The minimum atomic E-state index is -0.818. The predicted octanol–water partition coefficient (Wildman–Crippen LogP) is 1.80. The first-order valence-corrected chi connectivity index (χ1v) is 7.04. The summed E-state index contributed by atoms with van der Waals surface area (Å²) in [5.41, 5.74) is 6.54. The Morgan fingerprint density at radius 1 is 1.55 bits per heavy atom. The molecule has 22 heavy (non-hydrogen) atoms. The fourth-order valence-corrected chi connectivity index (χ4v) is 2.20. The summed E-state index contributed by atoms with van der Waals surface area (Å²) in [4.78, 5) is 15.5. The molecule has 3 rings (SSSR count). The molecule has 2 N–H and O–H groups in total. The van der Waals surface area contributed by atoms with Gasteiger partial charge in [-0.25, -0.2) is 4.39 Å². The van der Waals surface area contributed by atoms with E-state index in [0.29, 0.717) is 17.4 Å². The average molecular weight is 305 g/mol. The zero-order valence-corrected chi connectivity index (χ0v) is 12.1. The van der Waals surface area contributed by atoms with Crippen LogP contribution >= 0.6 is 0 Å². The van der Waals surface area contributed by atoms with Gasteiger partial charge in [-0.15, -0.1) is 0 Å². The van der Waals surface area contributed by atoms with Crippen molar-refractivity contribution in [2.45, 2.75) is 31.2 Å². The molecular weight excluding hydrogens is 289 g/mol. The molecule has 116 valence electrons. The largest absolute Gasteiger partial charge is 0.468 e. The lowest BCUT2D eigenvalue weighted by Crippen LogP contribution is -2.33. The molecule has 0 radical (unpaired) electrons. The van der Waals surface area contributed by atoms with Gasteiger partial charge in [0.05, 0.1) is 12.7 Å². The molecule has 7 heteroatoms. The van der Waals surface area contributed by atoms with Crippen LogP contribution in [0.15, 0.2) is 22.7 Å². The van der Waals surface area contributed by atoms with Gasteiger partial charge in [-0.3, -0.25) is 4.79 Å². The van der Waals surface area contributed by atoms with Gasteiger partial charge in [0.15, 0.2) is 0 Å². The van der Waals surface area contributed by atoms with Crippen molar-refractivity contribution in [2.24, 2.45) is 5.73 Å². The van der Waals surface area contributed by atoms with Crippen molar-refractivity contribution in [2.75, 3.05) is 7.11 Å². The number of benzene rings is 1. The van der Waals surface area contributed by atoms with Crippen molar-refractivity contribution in [3.05, 3.63) is 35.5 Å². The molecule has 2 aromatic rings. The molecule has 6 nitrogen and oxygen atoms in total. The summed E-state index contributed by atoms with van der Waals surface area (Å²) in [5.74, 6) is 0.116. The first-order valence-electron chi connectivity index (χ1n) is 7.04. The molecule has 1 aliphatic rings. The summed E-state index contributed by atoms with van der Waals surface area (Å²) in [6.07, 6.45) is 2.27. The van der Waals surface area contributed by atoms with Gasteiger partial charge in [-0.1, -0.05) is 11.2 Å². The summed E-state index contributed by atoms with van der Waals surface area (Å²) >= 11 is 0. The molecule has 0 unspecified atom stereocenters. The van der Waals surface area contributed by atoms with E-state index in [1.165, 1.54) is 13.2 Å². The lowest BCUT2D eigenvalue weighted by molar-refractivity contribution is -0.142. The van der Waals surface area contributed by atoms with E-state index >= 15 is 0 Å². The minimum Gasteiger partial charge on any atom is -0.468 e. The topological polar surface area (TPSA) is 91.2 Å². The zero-order valence-electron chi connectivity index (χ0n) is 12.1. The van der Waals surface area contributed by atoms with Crippen molar-refractivity contribution in [1.82, 2.24) is 10.1 Å². The molecule has 1 saturated carbocycles. The number of carbonyl (C=O) groups is 1. The van der Waals surface area contributed by atoms with Crippen LogP contribution in [0.4, 0.5) is 4.39 Å². The molecule has 1 heterocycles. The second-order valence-electron chi connectivity index (χ2n) is 5.38. The van der Waals surface area contributed by atoms with Crippen LogP contribution in [-0.2, 0) is 16.0 Å². The van der Waals surface area contributed by atoms with Gasteiger partial charge in [-0.2, -0.15) is 4.98 Å². The van der Waals surface area contributed by atoms with Crippen molar-refractivity contribution in [1.29, 1.82) is 0 Å². The van der Waals surface area contributed by atoms with Crippen molar-refractivity contribution >= 4 is 5.97 Å². The number of hydrogen-bond donors (Lipinski definition) is 1. The van der Waals surface area contributed by atoms with E-state index in [9.17, 15) is 9.18 Å². The lowest BCUT2D eigenvalue weighted by Gasteiger charge is -2.09. The number of nitrogens with zero attached hydrogens (tertiary/aromatic N) is 2. The van der Waals surface area contributed by atoms with Crippen LogP contribution in [0.2, 0.25) is 0 Å². The van der Waals surface area contributed by atoms with Gasteiger partial charge in [0.2, 0.25) is 11.7 Å². The van der Waals surface area contributed by atoms with E-state index in [4.69, 9.17) is 10.3 Å². The summed E-state index contributed by atoms with van der Waals surface area (Å²) < 4.78 is 23.9. The molecule has 0 bridgehead atoms. The highest BCUT2D eigenvalue weighted by Crippen LogP contribution is 2.39. The van der Waals surface area contributed by atoms with Crippen LogP contribution in [0.5, 0.6) is 0 Å². The van der Waals surface area contributed by atoms with Crippen molar-refractivity contribution in [3.63, 3.8) is 0 Å². The zero-order chi connectivity index (χ0) is 15.7. The average Bonchev–Trinajstić information content (AvgIpc) is 3.25. The van der Waals surface area contributed by atoms with Crippen molar-refractivity contribution in [3.8, 4) is 11.4 Å².